The Kier molecular flexibility index (Phi) is 5.10. The van der Waals surface area contributed by atoms with Gasteiger partial charge < -0.3 is 9.30 Å². The maximum absolute atomic E-state index is 12.9. The van der Waals surface area contributed by atoms with Gasteiger partial charge in [-0.25, -0.2) is 9.78 Å². The number of aryl methyl sites for hydroxylation is 2. The van der Waals surface area contributed by atoms with E-state index in [1.807, 2.05) is 30.3 Å². The minimum atomic E-state index is -0.368. The molecule has 2 aromatic heterocycles. The Morgan fingerprint density at radius 2 is 1.84 bits per heavy atom. The molecule has 3 aromatic rings. The van der Waals surface area contributed by atoms with Gasteiger partial charge in [0.2, 0.25) is 0 Å². The number of nitrogens with zero attached hydrogens (tertiary/aromatic N) is 4. The number of methoxy groups -OCH3 is 1. The average molecular weight is 360 g/mol. The summed E-state index contributed by atoms with van der Waals surface area (Å²) in [6, 6.07) is 9.46. The maximum Gasteiger partial charge on any atom is 0.332 e. The van der Waals surface area contributed by atoms with Crippen molar-refractivity contribution in [2.45, 2.75) is 11.7 Å². The van der Waals surface area contributed by atoms with Crippen LogP contribution < -0.4 is 11.2 Å². The molecule has 0 radical (unpaired) electrons. The first-order valence-corrected chi connectivity index (χ1v) is 8.85. The van der Waals surface area contributed by atoms with Gasteiger partial charge in [0.05, 0.1) is 13.2 Å². The number of rotatable bonds is 6. The minimum Gasteiger partial charge on any atom is -0.384 e. The van der Waals surface area contributed by atoms with Gasteiger partial charge in [0, 0.05) is 27.0 Å². The predicted octanol–water partition coefficient (Wildman–Crippen LogP) is 1.22. The Balaban J connectivity index is 2.12. The number of hydrogen-bond donors (Lipinski definition) is 0. The summed E-state index contributed by atoms with van der Waals surface area (Å²) in [4.78, 5) is 30.0. The highest BCUT2D eigenvalue weighted by Gasteiger charge is 2.18. The lowest BCUT2D eigenvalue weighted by atomic mass is 10.2. The molecule has 0 aliphatic carbocycles. The Labute approximate surface area is 148 Å². The fourth-order valence-corrected chi connectivity index (χ4v) is 3.54. The Morgan fingerprint density at radius 3 is 2.52 bits per heavy atom. The van der Waals surface area contributed by atoms with Crippen molar-refractivity contribution >= 4 is 22.9 Å². The molecule has 132 valence electrons. The topological polar surface area (TPSA) is 71.1 Å². The van der Waals surface area contributed by atoms with Crippen molar-refractivity contribution in [1.82, 2.24) is 18.7 Å². The molecule has 0 amide bonds. The van der Waals surface area contributed by atoms with Crippen molar-refractivity contribution in [2.24, 2.45) is 14.1 Å². The van der Waals surface area contributed by atoms with Gasteiger partial charge in [-0.2, -0.15) is 0 Å². The van der Waals surface area contributed by atoms with Crippen molar-refractivity contribution in [3.63, 3.8) is 0 Å². The monoisotopic (exact) mass is 360 g/mol. The van der Waals surface area contributed by atoms with E-state index in [9.17, 15) is 9.59 Å². The van der Waals surface area contributed by atoms with Crippen LogP contribution in [0.25, 0.3) is 11.2 Å². The zero-order valence-corrected chi connectivity index (χ0v) is 15.2. The largest absolute Gasteiger partial charge is 0.384 e. The second-order valence-electron chi connectivity index (χ2n) is 5.69. The average Bonchev–Trinajstić information content (AvgIpc) is 2.95. The van der Waals surface area contributed by atoms with Gasteiger partial charge in [-0.15, -0.1) is 0 Å². The van der Waals surface area contributed by atoms with E-state index in [1.165, 1.54) is 20.9 Å². The van der Waals surface area contributed by atoms with Crippen molar-refractivity contribution in [3.8, 4) is 0 Å². The highest BCUT2D eigenvalue weighted by atomic mass is 32.2. The smallest absolute Gasteiger partial charge is 0.332 e. The lowest BCUT2D eigenvalue weighted by molar-refractivity contribution is 0.218. The molecular weight excluding hydrogens is 340 g/mol. The fourth-order valence-electron chi connectivity index (χ4n) is 2.67. The van der Waals surface area contributed by atoms with Crippen LogP contribution in [0.5, 0.6) is 0 Å². The van der Waals surface area contributed by atoms with Gasteiger partial charge in [-0.05, 0) is 5.56 Å². The molecule has 0 spiro atoms. The molecule has 8 heteroatoms. The Hall–Kier alpha value is -2.32. The number of thioether (sulfide) groups is 1. The molecule has 0 atom stereocenters. The first-order valence-electron chi connectivity index (χ1n) is 7.86. The number of fused-ring (bicyclic) bond motifs is 1. The zero-order chi connectivity index (χ0) is 18.0. The molecule has 0 aliphatic heterocycles. The summed E-state index contributed by atoms with van der Waals surface area (Å²) in [7, 11) is 5.08. The first-order chi connectivity index (χ1) is 12.0. The van der Waals surface area contributed by atoms with E-state index in [-0.39, 0.29) is 17.8 Å². The first kappa shape index (κ1) is 17.5. The van der Waals surface area contributed by atoms with Crippen molar-refractivity contribution < 1.29 is 4.74 Å². The zero-order valence-electron chi connectivity index (χ0n) is 14.4. The Bertz CT molecular complexity index is 1000. The van der Waals surface area contributed by atoms with E-state index in [2.05, 4.69) is 4.98 Å². The normalized spacial score (nSPS) is 11.3. The number of aromatic nitrogens is 4. The number of imidazole rings is 1. The van der Waals surface area contributed by atoms with Gasteiger partial charge in [0.25, 0.3) is 5.56 Å². The minimum absolute atomic E-state index is 0.236. The summed E-state index contributed by atoms with van der Waals surface area (Å²) < 4.78 is 9.48. The molecule has 1 aromatic carbocycles. The van der Waals surface area contributed by atoms with Crippen LogP contribution in [0, 0.1) is 0 Å². The predicted molar refractivity (Wildman–Crippen MR) is 98.4 cm³/mol. The van der Waals surface area contributed by atoms with E-state index < -0.39 is 0 Å². The molecule has 0 bridgehead atoms. The third-order valence-electron chi connectivity index (χ3n) is 4.02. The van der Waals surface area contributed by atoms with E-state index >= 15 is 0 Å². The van der Waals surface area contributed by atoms with Gasteiger partial charge in [0.15, 0.2) is 16.3 Å². The van der Waals surface area contributed by atoms with Gasteiger partial charge in [-0.1, -0.05) is 42.1 Å². The van der Waals surface area contributed by atoms with Crippen LogP contribution in [0.15, 0.2) is 45.1 Å². The van der Waals surface area contributed by atoms with Gasteiger partial charge in [0.1, 0.15) is 0 Å². The molecule has 3 rings (SSSR count). The number of benzene rings is 1. The second-order valence-corrected chi connectivity index (χ2v) is 6.75. The summed E-state index contributed by atoms with van der Waals surface area (Å²) in [5.74, 6) is 0.722. The molecule has 25 heavy (non-hydrogen) atoms. The number of hydrogen-bond acceptors (Lipinski definition) is 5. The van der Waals surface area contributed by atoms with Crippen LogP contribution >= 0.6 is 11.8 Å². The highest BCUT2D eigenvalue weighted by molar-refractivity contribution is 7.99. The fraction of sp³-hybridized carbons (Fsp3) is 0.353. The van der Waals surface area contributed by atoms with Gasteiger partial charge >= 0.3 is 5.69 Å². The maximum atomic E-state index is 12.9. The van der Waals surface area contributed by atoms with Crippen LogP contribution in [-0.2, 0) is 25.4 Å². The SMILES string of the molecule is COCCSc1nc2c(c(=O)n(Cc3ccccc3)c(=O)n2C)n1C. The van der Waals surface area contributed by atoms with Crippen LogP contribution in [-0.4, -0.2) is 38.2 Å². The summed E-state index contributed by atoms with van der Waals surface area (Å²) in [6.07, 6.45) is 0. The van der Waals surface area contributed by atoms with Crippen molar-refractivity contribution in [2.75, 3.05) is 19.5 Å². The van der Waals surface area contributed by atoms with Crippen molar-refractivity contribution in [1.29, 1.82) is 0 Å². The van der Waals surface area contributed by atoms with E-state index in [0.29, 0.717) is 22.9 Å². The summed E-state index contributed by atoms with van der Waals surface area (Å²) >= 11 is 1.49. The Morgan fingerprint density at radius 1 is 1.12 bits per heavy atom. The third kappa shape index (κ3) is 3.27. The number of ether oxygens (including phenoxy) is 1. The molecule has 0 unspecified atom stereocenters. The van der Waals surface area contributed by atoms with E-state index in [4.69, 9.17) is 4.74 Å². The van der Waals surface area contributed by atoms with Gasteiger partial charge in [-0.3, -0.25) is 13.9 Å². The highest BCUT2D eigenvalue weighted by Crippen LogP contribution is 2.19. The quantitative estimate of drug-likeness (QED) is 0.488. The van der Waals surface area contributed by atoms with E-state index in [0.717, 1.165) is 11.3 Å². The molecule has 0 saturated carbocycles. The lowest BCUT2D eigenvalue weighted by Crippen LogP contribution is -2.39. The summed E-state index contributed by atoms with van der Waals surface area (Å²) in [6.45, 7) is 0.824. The lowest BCUT2D eigenvalue weighted by Gasteiger charge is -2.08. The molecule has 0 aliphatic rings. The summed E-state index contributed by atoms with van der Waals surface area (Å²) in [5, 5.41) is 0.691. The molecule has 0 N–H and O–H groups in total. The van der Waals surface area contributed by atoms with Crippen LogP contribution in [0.3, 0.4) is 0 Å². The third-order valence-corrected chi connectivity index (χ3v) is 5.02. The molecule has 0 saturated heterocycles. The van der Waals surface area contributed by atoms with Crippen LogP contribution in [0.4, 0.5) is 0 Å². The van der Waals surface area contributed by atoms with Crippen LogP contribution in [0.1, 0.15) is 5.56 Å². The second kappa shape index (κ2) is 7.28. The molecule has 7 nitrogen and oxygen atoms in total. The summed E-state index contributed by atoms with van der Waals surface area (Å²) in [5.41, 5.74) is 1.04. The van der Waals surface area contributed by atoms with Crippen molar-refractivity contribution in [3.05, 3.63) is 56.7 Å². The van der Waals surface area contributed by atoms with Crippen LogP contribution in [0.2, 0.25) is 0 Å². The molecule has 0 fully saturated rings. The standard InChI is InChI=1S/C17H20N4O3S/c1-19-13-14(18-16(19)25-10-9-24-3)20(2)17(23)21(15(13)22)11-12-7-5-4-6-8-12/h4-8H,9-11H2,1-3H3. The van der Waals surface area contributed by atoms with E-state index in [1.54, 1.807) is 25.8 Å². The molecular formula is C17H20N4O3S. The molecule has 2 heterocycles.